The van der Waals surface area contributed by atoms with E-state index in [9.17, 15) is 0 Å². The van der Waals surface area contributed by atoms with Crippen LogP contribution in [-0.2, 0) is 9.47 Å². The van der Waals surface area contributed by atoms with Gasteiger partial charge in [0.25, 0.3) is 0 Å². The number of ether oxygens (including phenoxy) is 2. The zero-order valence-electron chi connectivity index (χ0n) is 9.64. The highest BCUT2D eigenvalue weighted by atomic mass is 16.5. The Balaban J connectivity index is 2.12. The fourth-order valence-corrected chi connectivity index (χ4v) is 2.01. The van der Waals surface area contributed by atoms with Gasteiger partial charge in [0, 0.05) is 20.3 Å². The lowest BCUT2D eigenvalue weighted by Crippen LogP contribution is -2.38. The third-order valence-corrected chi connectivity index (χ3v) is 2.72. The van der Waals surface area contributed by atoms with Crippen molar-refractivity contribution in [2.75, 3.05) is 33.4 Å². The third-order valence-electron chi connectivity index (χ3n) is 2.72. The second-order valence-electron chi connectivity index (χ2n) is 4.66. The van der Waals surface area contributed by atoms with E-state index >= 15 is 0 Å². The summed E-state index contributed by atoms with van der Waals surface area (Å²) < 4.78 is 10.7. The van der Waals surface area contributed by atoms with Gasteiger partial charge in [0.2, 0.25) is 0 Å². The zero-order valence-corrected chi connectivity index (χ0v) is 9.64. The van der Waals surface area contributed by atoms with Crippen molar-refractivity contribution in [2.24, 2.45) is 5.92 Å². The van der Waals surface area contributed by atoms with Crippen LogP contribution in [0.5, 0.6) is 0 Å². The highest BCUT2D eigenvalue weighted by Crippen LogP contribution is 2.27. The lowest BCUT2D eigenvalue weighted by atomic mass is 9.88. The molecular formula is C11H23NO2. The van der Waals surface area contributed by atoms with E-state index in [-0.39, 0.29) is 5.60 Å². The molecule has 1 atom stereocenters. The minimum atomic E-state index is 0.0753. The summed E-state index contributed by atoms with van der Waals surface area (Å²) in [6, 6.07) is 0. The van der Waals surface area contributed by atoms with Gasteiger partial charge in [0.05, 0.1) is 12.2 Å². The fraction of sp³-hybridized carbons (Fsp3) is 1.00. The van der Waals surface area contributed by atoms with Crippen molar-refractivity contribution in [2.45, 2.75) is 32.3 Å². The first-order chi connectivity index (χ1) is 6.64. The molecule has 84 valence electrons. The van der Waals surface area contributed by atoms with Gasteiger partial charge in [0.1, 0.15) is 0 Å². The van der Waals surface area contributed by atoms with Gasteiger partial charge in [-0.1, -0.05) is 0 Å². The van der Waals surface area contributed by atoms with Crippen molar-refractivity contribution in [3.63, 3.8) is 0 Å². The smallest absolute Gasteiger partial charge is 0.0629 e. The number of rotatable bonds is 5. The van der Waals surface area contributed by atoms with Crippen molar-refractivity contribution in [3.05, 3.63) is 0 Å². The van der Waals surface area contributed by atoms with Crippen LogP contribution < -0.4 is 5.32 Å². The summed E-state index contributed by atoms with van der Waals surface area (Å²) in [5, 5.41) is 3.41. The van der Waals surface area contributed by atoms with E-state index in [1.165, 1.54) is 6.42 Å². The maximum Gasteiger partial charge on any atom is 0.0629 e. The summed E-state index contributed by atoms with van der Waals surface area (Å²) in [7, 11) is 1.74. The molecule has 0 aliphatic carbocycles. The molecule has 1 N–H and O–H groups in total. The molecular weight excluding hydrogens is 178 g/mol. The maximum absolute atomic E-state index is 5.67. The average Bonchev–Trinajstić information content (AvgIpc) is 2.11. The first-order valence-electron chi connectivity index (χ1n) is 5.48. The van der Waals surface area contributed by atoms with E-state index in [1.54, 1.807) is 7.11 Å². The Morgan fingerprint density at radius 3 is 2.93 bits per heavy atom. The number of hydrogen-bond acceptors (Lipinski definition) is 3. The molecule has 1 saturated heterocycles. The Kier molecular flexibility index (Phi) is 4.85. The van der Waals surface area contributed by atoms with E-state index in [1.807, 2.05) is 0 Å². The van der Waals surface area contributed by atoms with Crippen LogP contribution in [0.4, 0.5) is 0 Å². The van der Waals surface area contributed by atoms with E-state index in [4.69, 9.17) is 9.47 Å². The molecule has 1 aliphatic rings. The standard InChI is InChI=1S/C11H23NO2/c1-11(2)8-10(4-6-14-11)9-12-5-7-13-3/h10,12H,4-9H2,1-3H3. The lowest BCUT2D eigenvalue weighted by Gasteiger charge is -2.35. The molecule has 1 aliphatic heterocycles. The van der Waals surface area contributed by atoms with E-state index in [0.717, 1.165) is 38.6 Å². The Bertz CT molecular complexity index is 159. The Hall–Kier alpha value is -0.120. The summed E-state index contributed by atoms with van der Waals surface area (Å²) in [4.78, 5) is 0. The lowest BCUT2D eigenvalue weighted by molar-refractivity contribution is -0.0718. The molecule has 0 aromatic rings. The zero-order chi connectivity index (χ0) is 10.4. The second kappa shape index (κ2) is 5.69. The van der Waals surface area contributed by atoms with E-state index in [2.05, 4.69) is 19.2 Å². The number of hydrogen-bond donors (Lipinski definition) is 1. The average molecular weight is 201 g/mol. The Morgan fingerprint density at radius 1 is 1.50 bits per heavy atom. The van der Waals surface area contributed by atoms with E-state index in [0.29, 0.717) is 0 Å². The molecule has 0 spiro atoms. The molecule has 0 bridgehead atoms. The van der Waals surface area contributed by atoms with Gasteiger partial charge in [-0.15, -0.1) is 0 Å². The molecule has 0 aromatic heterocycles. The molecule has 0 amide bonds. The van der Waals surface area contributed by atoms with Crippen LogP contribution in [0.1, 0.15) is 26.7 Å². The van der Waals surface area contributed by atoms with Gasteiger partial charge < -0.3 is 14.8 Å². The maximum atomic E-state index is 5.67. The van der Waals surface area contributed by atoms with Gasteiger partial charge in [-0.05, 0) is 39.2 Å². The molecule has 3 nitrogen and oxygen atoms in total. The van der Waals surface area contributed by atoms with Crippen LogP contribution in [0.25, 0.3) is 0 Å². The molecule has 0 saturated carbocycles. The van der Waals surface area contributed by atoms with Crippen LogP contribution in [0.2, 0.25) is 0 Å². The molecule has 0 aromatic carbocycles. The topological polar surface area (TPSA) is 30.5 Å². The molecule has 1 fully saturated rings. The Morgan fingerprint density at radius 2 is 2.29 bits per heavy atom. The van der Waals surface area contributed by atoms with Crippen molar-refractivity contribution in [1.82, 2.24) is 5.32 Å². The van der Waals surface area contributed by atoms with Gasteiger partial charge in [-0.25, -0.2) is 0 Å². The van der Waals surface area contributed by atoms with Crippen LogP contribution >= 0.6 is 0 Å². The summed E-state index contributed by atoms with van der Waals surface area (Å²) in [6.07, 6.45) is 2.34. The summed E-state index contributed by atoms with van der Waals surface area (Å²) in [6.45, 7) is 8.10. The third kappa shape index (κ3) is 4.40. The first kappa shape index (κ1) is 12.0. The van der Waals surface area contributed by atoms with Gasteiger partial charge in [-0.3, -0.25) is 0 Å². The molecule has 1 heterocycles. The molecule has 1 rings (SSSR count). The normalized spacial score (nSPS) is 26.4. The van der Waals surface area contributed by atoms with Gasteiger partial charge in [0.15, 0.2) is 0 Å². The predicted molar refractivity (Wildman–Crippen MR) is 57.5 cm³/mol. The predicted octanol–water partition coefficient (Wildman–Crippen LogP) is 1.43. The SMILES string of the molecule is COCCNCC1CCOC(C)(C)C1. The summed E-state index contributed by atoms with van der Waals surface area (Å²) >= 11 is 0. The van der Waals surface area contributed by atoms with E-state index < -0.39 is 0 Å². The summed E-state index contributed by atoms with van der Waals surface area (Å²) in [5.74, 6) is 0.760. The molecule has 3 heteroatoms. The van der Waals surface area contributed by atoms with Crippen molar-refractivity contribution >= 4 is 0 Å². The quantitative estimate of drug-likeness (QED) is 0.683. The Labute approximate surface area is 87.2 Å². The van der Waals surface area contributed by atoms with Crippen LogP contribution in [0.3, 0.4) is 0 Å². The van der Waals surface area contributed by atoms with Crippen molar-refractivity contribution in [3.8, 4) is 0 Å². The fourth-order valence-electron chi connectivity index (χ4n) is 2.01. The van der Waals surface area contributed by atoms with Gasteiger partial charge >= 0.3 is 0 Å². The minimum absolute atomic E-state index is 0.0753. The number of nitrogens with one attached hydrogen (secondary N) is 1. The monoisotopic (exact) mass is 201 g/mol. The molecule has 14 heavy (non-hydrogen) atoms. The summed E-state index contributed by atoms with van der Waals surface area (Å²) in [5.41, 5.74) is 0.0753. The van der Waals surface area contributed by atoms with Crippen LogP contribution in [-0.4, -0.2) is 39.0 Å². The highest BCUT2D eigenvalue weighted by Gasteiger charge is 2.28. The van der Waals surface area contributed by atoms with Crippen molar-refractivity contribution < 1.29 is 9.47 Å². The first-order valence-corrected chi connectivity index (χ1v) is 5.48. The molecule has 0 radical (unpaired) electrons. The number of methoxy groups -OCH3 is 1. The van der Waals surface area contributed by atoms with Gasteiger partial charge in [-0.2, -0.15) is 0 Å². The second-order valence-corrected chi connectivity index (χ2v) is 4.66. The van der Waals surface area contributed by atoms with Crippen LogP contribution in [0, 0.1) is 5.92 Å². The largest absolute Gasteiger partial charge is 0.383 e. The molecule has 1 unspecified atom stereocenters. The highest BCUT2D eigenvalue weighted by molar-refractivity contribution is 4.79. The van der Waals surface area contributed by atoms with Crippen LogP contribution in [0.15, 0.2) is 0 Å². The van der Waals surface area contributed by atoms with Crippen molar-refractivity contribution in [1.29, 1.82) is 0 Å². The minimum Gasteiger partial charge on any atom is -0.383 e.